The van der Waals surface area contributed by atoms with E-state index in [2.05, 4.69) is 15.5 Å². The Morgan fingerprint density at radius 1 is 1.29 bits per heavy atom. The van der Waals surface area contributed by atoms with Crippen LogP contribution >= 0.6 is 11.6 Å². The largest absolute Gasteiger partial charge is 0.611 e. The zero-order chi connectivity index (χ0) is 29.8. The fourth-order valence-corrected chi connectivity index (χ4v) is 6.50. The van der Waals surface area contributed by atoms with Crippen molar-refractivity contribution >= 4 is 46.5 Å². The Balaban J connectivity index is 1.37. The number of anilines is 2. The zero-order valence-electron chi connectivity index (χ0n) is 23.1. The van der Waals surface area contributed by atoms with Gasteiger partial charge in [-0.25, -0.2) is 9.18 Å². The average Bonchev–Trinajstić information content (AvgIpc) is 3.59. The number of morpholine rings is 1. The molecule has 1 aliphatic carbocycles. The highest BCUT2D eigenvalue weighted by molar-refractivity contribution is 7.91. The van der Waals surface area contributed by atoms with Gasteiger partial charge in [0, 0.05) is 17.6 Å². The minimum absolute atomic E-state index is 0.00802. The molecule has 1 saturated heterocycles. The fourth-order valence-electron chi connectivity index (χ4n) is 5.03. The molecule has 1 N–H and O–H groups in total. The van der Waals surface area contributed by atoms with Crippen molar-refractivity contribution in [1.29, 1.82) is 0 Å². The number of hydrogen-bond acceptors (Lipinski definition) is 9. The molecule has 3 aromatic rings. The lowest BCUT2D eigenvalue weighted by Crippen LogP contribution is -2.51. The average molecular weight is 618 g/mol. The van der Waals surface area contributed by atoms with Crippen LogP contribution in [0.25, 0.3) is 11.4 Å². The van der Waals surface area contributed by atoms with Crippen molar-refractivity contribution in [3.05, 3.63) is 52.8 Å². The highest BCUT2D eigenvalue weighted by atomic mass is 35.5. The molecule has 3 aliphatic rings. The van der Waals surface area contributed by atoms with Crippen LogP contribution in [0.3, 0.4) is 0 Å². The lowest BCUT2D eigenvalue weighted by atomic mass is 10.1. The molecule has 1 saturated carbocycles. The van der Waals surface area contributed by atoms with Gasteiger partial charge in [-0.1, -0.05) is 28.9 Å². The molecule has 3 unspecified atom stereocenters. The number of hydrogen-bond donors (Lipinski definition) is 1. The summed E-state index contributed by atoms with van der Waals surface area (Å²) in [6.07, 6.45) is 0.155. The van der Waals surface area contributed by atoms with Crippen LogP contribution < -0.4 is 15.1 Å². The van der Waals surface area contributed by atoms with Gasteiger partial charge in [-0.15, -0.1) is 0 Å². The standard InChI is InChI=1S/C28H29ClFN5O6S/c1-28(2,3)40-27(37)31-19-14-42(38)23-11-18(30)17(24-32-26(41-33-24)34-8-9-39-22-12-20(22)34)10-21(23)35(25(19)36)13-15-4-6-16(29)7-5-15/h4-7,10-11,19-20,22H,8-9,12-14H2,1-3H3,(H,31,37)/t19-,20?,22?,42?/m0/s1. The number of benzene rings is 2. The monoisotopic (exact) mass is 617 g/mol. The second kappa shape index (κ2) is 11.0. The molecule has 0 spiro atoms. The van der Waals surface area contributed by atoms with Gasteiger partial charge in [-0.2, -0.15) is 4.98 Å². The number of halogens is 2. The van der Waals surface area contributed by atoms with Gasteiger partial charge in [-0.3, -0.25) is 4.79 Å². The Labute approximate surface area is 249 Å². The van der Waals surface area contributed by atoms with E-state index in [1.165, 1.54) is 11.0 Å². The zero-order valence-corrected chi connectivity index (χ0v) is 24.7. The third kappa shape index (κ3) is 5.91. The third-order valence-corrected chi connectivity index (χ3v) is 8.78. The number of fused-ring (bicyclic) bond motifs is 2. The first kappa shape index (κ1) is 28.7. The third-order valence-electron chi connectivity index (χ3n) is 7.08. The van der Waals surface area contributed by atoms with Gasteiger partial charge in [0.15, 0.2) is 10.9 Å². The molecule has 2 aromatic carbocycles. The van der Waals surface area contributed by atoms with Crippen LogP contribution in [0.4, 0.5) is 20.9 Å². The van der Waals surface area contributed by atoms with E-state index < -0.39 is 40.6 Å². The molecular formula is C28H29ClFN5O6S. The van der Waals surface area contributed by atoms with E-state index in [1.54, 1.807) is 45.0 Å². The van der Waals surface area contributed by atoms with Crippen molar-refractivity contribution in [1.82, 2.24) is 15.5 Å². The molecule has 4 atom stereocenters. The number of amides is 2. The number of carbonyl (C=O) groups excluding carboxylic acids is 2. The summed E-state index contributed by atoms with van der Waals surface area (Å²) in [7, 11) is 0. The molecule has 42 heavy (non-hydrogen) atoms. The fraction of sp³-hybridized carbons (Fsp3) is 0.429. The molecule has 222 valence electrons. The maximum absolute atomic E-state index is 15.6. The first-order valence-electron chi connectivity index (χ1n) is 13.5. The summed E-state index contributed by atoms with van der Waals surface area (Å²) in [5.74, 6) is -1.54. The topological polar surface area (TPSA) is 133 Å². The van der Waals surface area contributed by atoms with Gasteiger partial charge in [-0.05, 0) is 62.1 Å². The summed E-state index contributed by atoms with van der Waals surface area (Å²) in [5.41, 5.74) is 0.0833. The molecule has 2 fully saturated rings. The molecule has 2 aliphatic heterocycles. The van der Waals surface area contributed by atoms with Crippen LogP contribution in [-0.4, -0.2) is 69.4 Å². The summed E-state index contributed by atoms with van der Waals surface area (Å²) < 4.78 is 45.6. The van der Waals surface area contributed by atoms with Crippen molar-refractivity contribution < 1.29 is 32.5 Å². The first-order valence-corrected chi connectivity index (χ1v) is 15.2. The van der Waals surface area contributed by atoms with Crippen LogP contribution in [0.1, 0.15) is 32.8 Å². The van der Waals surface area contributed by atoms with E-state index in [0.29, 0.717) is 23.7 Å². The van der Waals surface area contributed by atoms with Crippen LogP contribution in [0, 0.1) is 5.82 Å². The highest BCUT2D eigenvalue weighted by Crippen LogP contribution is 2.40. The van der Waals surface area contributed by atoms with Crippen LogP contribution in [0.15, 0.2) is 45.8 Å². The summed E-state index contributed by atoms with van der Waals surface area (Å²) in [6.45, 7) is 6.21. The van der Waals surface area contributed by atoms with Crippen molar-refractivity contribution in [2.24, 2.45) is 0 Å². The molecule has 11 nitrogen and oxygen atoms in total. The van der Waals surface area contributed by atoms with Gasteiger partial charge < -0.3 is 33.7 Å². The van der Waals surface area contributed by atoms with Crippen molar-refractivity contribution in [2.45, 2.75) is 62.4 Å². The lowest BCUT2D eigenvalue weighted by Gasteiger charge is -2.26. The van der Waals surface area contributed by atoms with Gasteiger partial charge in [0.1, 0.15) is 22.9 Å². The number of ether oxygens (including phenoxy) is 2. The first-order chi connectivity index (χ1) is 20.0. The van der Waals surface area contributed by atoms with E-state index in [9.17, 15) is 14.1 Å². The minimum atomic E-state index is -1.86. The molecule has 1 aromatic heterocycles. The second-order valence-corrected chi connectivity index (χ2v) is 13.3. The lowest BCUT2D eigenvalue weighted by molar-refractivity contribution is -0.120. The van der Waals surface area contributed by atoms with Crippen LogP contribution in [0.5, 0.6) is 0 Å². The predicted octanol–water partition coefficient (Wildman–Crippen LogP) is 4.05. The van der Waals surface area contributed by atoms with E-state index in [1.807, 2.05) is 4.90 Å². The molecule has 0 radical (unpaired) electrons. The van der Waals surface area contributed by atoms with Crippen LogP contribution in [-0.2, 0) is 32.0 Å². The molecule has 3 heterocycles. The van der Waals surface area contributed by atoms with Gasteiger partial charge in [0.2, 0.25) is 5.82 Å². The summed E-state index contributed by atoms with van der Waals surface area (Å²) >= 11 is 4.20. The van der Waals surface area contributed by atoms with Crippen molar-refractivity contribution in [2.75, 3.05) is 28.7 Å². The Morgan fingerprint density at radius 2 is 2.05 bits per heavy atom. The van der Waals surface area contributed by atoms with E-state index >= 15 is 4.39 Å². The number of alkyl carbamates (subject to hydrolysis) is 1. The predicted molar refractivity (Wildman–Crippen MR) is 152 cm³/mol. The molecule has 14 heteroatoms. The SMILES string of the molecule is CC(C)(C)OC(=O)N[C@H]1C[S+]([O-])c2cc(F)c(-c3noc(N4CCOC5CC54)n3)cc2N(Cc2ccc(Cl)cc2)C1=O. The van der Waals surface area contributed by atoms with E-state index in [-0.39, 0.29) is 52.4 Å². The van der Waals surface area contributed by atoms with E-state index in [4.69, 9.17) is 25.6 Å². The highest BCUT2D eigenvalue weighted by Gasteiger charge is 2.48. The normalized spacial score (nSPS) is 23.6. The Morgan fingerprint density at radius 3 is 2.79 bits per heavy atom. The maximum atomic E-state index is 15.6. The van der Waals surface area contributed by atoms with Crippen molar-refractivity contribution in [3.8, 4) is 11.4 Å². The summed E-state index contributed by atoms with van der Waals surface area (Å²) in [6, 6.07) is 8.59. The van der Waals surface area contributed by atoms with Crippen LogP contribution in [0.2, 0.25) is 5.02 Å². The Hall–Kier alpha value is -3.39. The maximum Gasteiger partial charge on any atom is 0.408 e. The van der Waals surface area contributed by atoms with Gasteiger partial charge in [0.25, 0.3) is 5.91 Å². The summed E-state index contributed by atoms with van der Waals surface area (Å²) in [4.78, 5) is 34.4. The van der Waals surface area contributed by atoms with Crippen molar-refractivity contribution in [3.63, 3.8) is 0 Å². The Bertz CT molecular complexity index is 1520. The van der Waals surface area contributed by atoms with Gasteiger partial charge >= 0.3 is 12.1 Å². The Kier molecular flexibility index (Phi) is 7.54. The number of nitrogens with zero attached hydrogens (tertiary/aromatic N) is 4. The number of rotatable bonds is 5. The molecule has 2 amide bonds. The number of nitrogens with one attached hydrogen (secondary N) is 1. The minimum Gasteiger partial charge on any atom is -0.611 e. The smallest absolute Gasteiger partial charge is 0.408 e. The summed E-state index contributed by atoms with van der Waals surface area (Å²) in [5, 5.41) is 7.08. The number of aromatic nitrogens is 2. The van der Waals surface area contributed by atoms with E-state index in [0.717, 1.165) is 12.5 Å². The molecule has 0 bridgehead atoms. The number of carbonyl (C=O) groups is 2. The second-order valence-electron chi connectivity index (χ2n) is 11.4. The van der Waals surface area contributed by atoms with Gasteiger partial charge in [0.05, 0.1) is 30.9 Å². The molecular weight excluding hydrogens is 589 g/mol. The quantitative estimate of drug-likeness (QED) is 0.421. The molecule has 6 rings (SSSR count).